The molecule has 0 bridgehead atoms. The smallest absolute Gasteiger partial charge is 0.302 e. The quantitative estimate of drug-likeness (QED) is 0.187. The standard InChI is InChI=1S/C27H22ClN3O6/c1-3-37-21-13-14(8-10-19(21)32)23-22(24(33)15-9-11-20(36-2)16(28)12-15)25(34)26(35)31(23)27-29-17-6-4-5-7-18(17)30-27/h4-13,23,32-33H,3H2,1-2H3,(H,29,30)/b24-22+. The van der Waals surface area contributed by atoms with Crippen LogP contribution >= 0.6 is 11.6 Å². The molecule has 0 spiro atoms. The van der Waals surface area contributed by atoms with Crippen LogP contribution < -0.4 is 14.4 Å². The van der Waals surface area contributed by atoms with Gasteiger partial charge in [-0.1, -0.05) is 29.8 Å². The number of aliphatic hydroxyl groups is 1. The van der Waals surface area contributed by atoms with Gasteiger partial charge >= 0.3 is 5.91 Å². The number of phenols is 1. The number of fused-ring (bicyclic) bond motifs is 1. The average molecular weight is 520 g/mol. The predicted molar refractivity (Wildman–Crippen MR) is 138 cm³/mol. The van der Waals surface area contributed by atoms with E-state index in [9.17, 15) is 19.8 Å². The minimum Gasteiger partial charge on any atom is -0.507 e. The Morgan fingerprint density at radius 3 is 2.59 bits per heavy atom. The van der Waals surface area contributed by atoms with Gasteiger partial charge in [0, 0.05) is 5.56 Å². The molecule has 0 saturated carbocycles. The van der Waals surface area contributed by atoms with Crippen LogP contribution in [-0.4, -0.2) is 45.6 Å². The molecular weight excluding hydrogens is 498 g/mol. The number of H-pyrrole nitrogens is 1. The molecule has 0 aliphatic carbocycles. The van der Waals surface area contributed by atoms with Crippen LogP contribution in [0.5, 0.6) is 17.2 Å². The lowest BCUT2D eigenvalue weighted by atomic mass is 9.95. The molecule has 9 nitrogen and oxygen atoms in total. The zero-order valence-corrected chi connectivity index (χ0v) is 20.6. The van der Waals surface area contributed by atoms with Gasteiger partial charge in [-0.25, -0.2) is 4.98 Å². The third-order valence-corrected chi connectivity index (χ3v) is 6.37. The number of aromatic nitrogens is 2. The second-order valence-corrected chi connectivity index (χ2v) is 8.66. The number of para-hydroxylation sites is 2. The number of ether oxygens (including phenoxy) is 2. The van der Waals surface area contributed by atoms with Crippen molar-refractivity contribution in [3.8, 4) is 17.2 Å². The number of amides is 1. The number of phenolic OH excluding ortho intramolecular Hbond substituents is 1. The highest BCUT2D eigenvalue weighted by Gasteiger charge is 2.48. The molecule has 1 atom stereocenters. The van der Waals surface area contributed by atoms with Crippen LogP contribution in [0.2, 0.25) is 5.02 Å². The number of rotatable bonds is 6. The van der Waals surface area contributed by atoms with Crippen molar-refractivity contribution in [3.05, 3.63) is 82.4 Å². The highest BCUT2D eigenvalue weighted by Crippen LogP contribution is 2.44. The minimum atomic E-state index is -1.08. The van der Waals surface area contributed by atoms with E-state index < -0.39 is 23.5 Å². The van der Waals surface area contributed by atoms with Gasteiger partial charge in [0.1, 0.15) is 11.5 Å². The number of aromatic amines is 1. The molecule has 1 fully saturated rings. The molecular formula is C27H22ClN3O6. The second-order valence-electron chi connectivity index (χ2n) is 8.26. The summed E-state index contributed by atoms with van der Waals surface area (Å²) in [4.78, 5) is 35.6. The van der Waals surface area contributed by atoms with Crippen molar-refractivity contribution in [2.75, 3.05) is 18.6 Å². The average Bonchev–Trinajstić information content (AvgIpc) is 3.43. The third-order valence-electron chi connectivity index (χ3n) is 6.07. The summed E-state index contributed by atoms with van der Waals surface area (Å²) in [6.45, 7) is 2.05. The van der Waals surface area contributed by atoms with Gasteiger partial charge in [0.25, 0.3) is 5.78 Å². The van der Waals surface area contributed by atoms with Gasteiger partial charge in [0.2, 0.25) is 5.95 Å². The first-order valence-corrected chi connectivity index (χ1v) is 11.8. The number of aliphatic hydroxyl groups excluding tert-OH is 1. The molecule has 1 amide bonds. The Morgan fingerprint density at radius 1 is 1.11 bits per heavy atom. The fourth-order valence-corrected chi connectivity index (χ4v) is 4.62. The number of benzene rings is 3. The number of ketones is 1. The summed E-state index contributed by atoms with van der Waals surface area (Å²) in [5.74, 6) is -1.62. The van der Waals surface area contributed by atoms with E-state index in [1.807, 2.05) is 6.07 Å². The van der Waals surface area contributed by atoms with Crippen LogP contribution in [0.15, 0.2) is 66.2 Å². The topological polar surface area (TPSA) is 125 Å². The van der Waals surface area contributed by atoms with Crippen molar-refractivity contribution >= 4 is 46.0 Å². The molecule has 3 N–H and O–H groups in total. The summed E-state index contributed by atoms with van der Waals surface area (Å²) < 4.78 is 10.7. The molecule has 5 rings (SSSR count). The molecule has 1 unspecified atom stereocenters. The maximum atomic E-state index is 13.4. The highest BCUT2D eigenvalue weighted by molar-refractivity contribution is 6.51. The zero-order chi connectivity index (χ0) is 26.3. The van der Waals surface area contributed by atoms with Crippen molar-refractivity contribution in [1.29, 1.82) is 0 Å². The summed E-state index contributed by atoms with van der Waals surface area (Å²) in [6, 6.07) is 15.1. The van der Waals surface area contributed by atoms with E-state index >= 15 is 0 Å². The van der Waals surface area contributed by atoms with E-state index in [0.29, 0.717) is 22.3 Å². The Hall–Kier alpha value is -4.50. The molecule has 2 heterocycles. The zero-order valence-electron chi connectivity index (χ0n) is 19.9. The van der Waals surface area contributed by atoms with Gasteiger partial charge in [0.15, 0.2) is 11.5 Å². The lowest BCUT2D eigenvalue weighted by molar-refractivity contribution is -0.132. The van der Waals surface area contributed by atoms with Crippen LogP contribution in [-0.2, 0) is 9.59 Å². The Bertz CT molecular complexity index is 1540. The molecule has 1 saturated heterocycles. The van der Waals surface area contributed by atoms with Crippen LogP contribution in [0.1, 0.15) is 24.1 Å². The molecule has 10 heteroatoms. The number of halogens is 1. The van der Waals surface area contributed by atoms with Crippen molar-refractivity contribution in [2.45, 2.75) is 13.0 Å². The van der Waals surface area contributed by atoms with Gasteiger partial charge in [-0.3, -0.25) is 14.5 Å². The van der Waals surface area contributed by atoms with Crippen LogP contribution in [0.25, 0.3) is 16.8 Å². The Kier molecular flexibility index (Phi) is 6.22. The van der Waals surface area contributed by atoms with Crippen LogP contribution in [0.3, 0.4) is 0 Å². The van der Waals surface area contributed by atoms with Gasteiger partial charge in [0.05, 0.1) is 41.4 Å². The summed E-state index contributed by atoms with van der Waals surface area (Å²) in [5.41, 5.74) is 1.74. The van der Waals surface area contributed by atoms with Gasteiger partial charge in [-0.15, -0.1) is 0 Å². The number of imidazole rings is 1. The van der Waals surface area contributed by atoms with Gasteiger partial charge in [-0.2, -0.15) is 0 Å². The Balaban J connectivity index is 1.74. The molecule has 4 aromatic rings. The predicted octanol–water partition coefficient (Wildman–Crippen LogP) is 4.96. The molecule has 1 aromatic heterocycles. The molecule has 1 aliphatic rings. The number of hydrogen-bond acceptors (Lipinski definition) is 7. The number of aromatic hydroxyl groups is 1. The number of carbonyl (C=O) groups excluding carboxylic acids is 2. The maximum absolute atomic E-state index is 13.4. The number of nitrogens with zero attached hydrogens (tertiary/aromatic N) is 2. The van der Waals surface area contributed by atoms with E-state index in [4.69, 9.17) is 21.1 Å². The fraction of sp³-hybridized carbons (Fsp3) is 0.148. The van der Waals surface area contributed by atoms with E-state index in [1.54, 1.807) is 37.3 Å². The number of methoxy groups -OCH3 is 1. The van der Waals surface area contributed by atoms with Crippen molar-refractivity contribution < 1.29 is 29.3 Å². The van der Waals surface area contributed by atoms with E-state index in [2.05, 4.69) is 9.97 Å². The maximum Gasteiger partial charge on any atom is 0.302 e. The lowest BCUT2D eigenvalue weighted by Crippen LogP contribution is -2.30. The largest absolute Gasteiger partial charge is 0.507 e. The molecule has 0 radical (unpaired) electrons. The van der Waals surface area contributed by atoms with Crippen molar-refractivity contribution in [1.82, 2.24) is 9.97 Å². The Morgan fingerprint density at radius 2 is 1.89 bits per heavy atom. The molecule has 188 valence electrons. The van der Waals surface area contributed by atoms with Crippen LogP contribution in [0, 0.1) is 0 Å². The summed E-state index contributed by atoms with van der Waals surface area (Å²) >= 11 is 6.26. The van der Waals surface area contributed by atoms with E-state index in [-0.39, 0.29) is 40.2 Å². The van der Waals surface area contributed by atoms with E-state index in [1.165, 1.54) is 36.3 Å². The Labute approximate surface area is 216 Å². The normalized spacial score (nSPS) is 16.9. The number of hydrogen-bond donors (Lipinski definition) is 3. The number of carbonyl (C=O) groups is 2. The summed E-state index contributed by atoms with van der Waals surface area (Å²) in [5, 5.41) is 21.8. The van der Waals surface area contributed by atoms with Gasteiger partial charge in [-0.05, 0) is 55.0 Å². The minimum absolute atomic E-state index is 0.103. The first kappa shape index (κ1) is 24.2. The second kappa shape index (κ2) is 9.51. The van der Waals surface area contributed by atoms with Crippen LogP contribution in [0.4, 0.5) is 5.95 Å². The number of nitrogens with one attached hydrogen (secondary N) is 1. The summed E-state index contributed by atoms with van der Waals surface area (Å²) in [7, 11) is 1.46. The van der Waals surface area contributed by atoms with Gasteiger partial charge < -0.3 is 24.7 Å². The number of Topliss-reactive ketones (excluding diaryl/α,β-unsaturated/α-hetero) is 1. The fourth-order valence-electron chi connectivity index (χ4n) is 4.36. The molecule has 37 heavy (non-hydrogen) atoms. The SMILES string of the molecule is CCOc1cc(C2/C(=C(\O)c3ccc(OC)c(Cl)c3)C(=O)C(=O)N2c2nc3ccccc3[nH]2)ccc1O. The van der Waals surface area contributed by atoms with Crippen molar-refractivity contribution in [3.63, 3.8) is 0 Å². The molecule has 3 aromatic carbocycles. The summed E-state index contributed by atoms with van der Waals surface area (Å²) in [6.07, 6.45) is 0. The van der Waals surface area contributed by atoms with E-state index in [0.717, 1.165) is 0 Å². The lowest BCUT2D eigenvalue weighted by Gasteiger charge is -2.23. The van der Waals surface area contributed by atoms with Crippen molar-refractivity contribution in [2.24, 2.45) is 0 Å². The first-order valence-electron chi connectivity index (χ1n) is 11.4. The monoisotopic (exact) mass is 519 g/mol. The number of anilines is 1. The highest BCUT2D eigenvalue weighted by atomic mass is 35.5. The molecule has 1 aliphatic heterocycles. The third kappa shape index (κ3) is 4.13. The first-order chi connectivity index (χ1) is 17.8.